The van der Waals surface area contributed by atoms with Crippen molar-refractivity contribution in [1.82, 2.24) is 0 Å². The van der Waals surface area contributed by atoms with Crippen LogP contribution in [0, 0.1) is 0 Å². The summed E-state index contributed by atoms with van der Waals surface area (Å²) in [4.78, 5) is 39.1. The molecule has 0 rings (SSSR count). The molecule has 0 saturated heterocycles. The number of rotatable bonds is 10. The van der Waals surface area contributed by atoms with E-state index in [0.717, 1.165) is 0 Å². The zero-order valence-electron chi connectivity index (χ0n) is 12.5. The van der Waals surface area contributed by atoms with Gasteiger partial charge < -0.3 is 29.8 Å². The predicted octanol–water partition coefficient (Wildman–Crippen LogP) is -9.25. The third kappa shape index (κ3) is 31.4. The fourth-order valence-corrected chi connectivity index (χ4v) is 1.90. The van der Waals surface area contributed by atoms with Gasteiger partial charge in [0, 0.05) is 0 Å². The summed E-state index contributed by atoms with van der Waals surface area (Å²) in [7, 11) is -12.9. The van der Waals surface area contributed by atoms with E-state index in [2.05, 4.69) is 18.1 Å². The van der Waals surface area contributed by atoms with E-state index in [4.69, 9.17) is 10.2 Å². The molecule has 14 nitrogen and oxygen atoms in total. The first-order valence-corrected chi connectivity index (χ1v) is 8.96. The maximum absolute atomic E-state index is 9.78. The van der Waals surface area contributed by atoms with Crippen molar-refractivity contribution in [2.75, 3.05) is 13.2 Å². The van der Waals surface area contributed by atoms with Crippen molar-refractivity contribution >= 4 is 33.0 Å². The molecule has 0 aliphatic carbocycles. The van der Waals surface area contributed by atoms with Gasteiger partial charge in [-0.2, -0.15) is 0 Å². The van der Waals surface area contributed by atoms with E-state index in [1.807, 2.05) is 0 Å². The molecule has 4 unspecified atom stereocenters. The molecule has 2 N–H and O–H groups in total. The molecule has 0 aromatic carbocycles. The second-order valence-corrected chi connectivity index (χ2v) is 5.17. The van der Waals surface area contributed by atoms with Crippen LogP contribution in [-0.2, 0) is 53.4 Å². The smallest absolute Gasteiger partial charge is 0.566 e. The summed E-state index contributed by atoms with van der Waals surface area (Å²) in [6.45, 7) is -1.71. The molecule has 134 valence electrons. The van der Waals surface area contributed by atoms with E-state index in [1.165, 1.54) is 0 Å². The van der Waals surface area contributed by atoms with Crippen molar-refractivity contribution in [1.29, 1.82) is 0 Å². The summed E-state index contributed by atoms with van der Waals surface area (Å²) in [5.41, 5.74) is 0. The van der Waals surface area contributed by atoms with Crippen molar-refractivity contribution in [2.45, 2.75) is 12.6 Å². The summed E-state index contributed by atoms with van der Waals surface area (Å²) in [6, 6.07) is 0. The Hall–Kier alpha value is 2.52. The Morgan fingerprint density at radius 2 is 0.800 bits per heavy atom. The fraction of sp³-hybridized carbons (Fsp3) is 1.00. The first kappa shape index (κ1) is 38.2. The van der Waals surface area contributed by atoms with Crippen LogP contribution in [0.25, 0.3) is 0 Å². The Bertz CT molecular complexity index is 333. The van der Waals surface area contributed by atoms with Crippen molar-refractivity contribution in [3.63, 3.8) is 0 Å². The Balaban J connectivity index is -0.0000000952. The van der Waals surface area contributed by atoms with Gasteiger partial charge in [-0.25, -0.2) is 0 Å². The first-order chi connectivity index (χ1) is 10.1. The van der Waals surface area contributed by atoms with E-state index in [9.17, 15) is 37.8 Å². The number of aliphatic hydroxyl groups is 2. The molecule has 0 spiro atoms. The van der Waals surface area contributed by atoms with Crippen LogP contribution < -0.4 is 78.7 Å². The van der Waals surface area contributed by atoms with Gasteiger partial charge in [-0.3, -0.25) is 0 Å². The van der Waals surface area contributed by atoms with Crippen LogP contribution in [0.15, 0.2) is 0 Å². The second kappa shape index (κ2) is 24.6. The Labute approximate surface area is 199 Å². The minimum atomic E-state index is -3.23. The summed E-state index contributed by atoms with van der Waals surface area (Å²) >= 11 is 0. The van der Waals surface area contributed by atoms with Crippen molar-refractivity contribution in [3.8, 4) is 0 Å². The van der Waals surface area contributed by atoms with E-state index in [-0.39, 0.29) is 76.2 Å². The standard InChI is InChI=1S/2C2H4O7P2.Fe.2Na/c2*3-1-2(8-10(4)5)9-11(6)7;;;/h2*2-3H,1H2;;;/q;;+2;2*+1. The van der Waals surface area contributed by atoms with Gasteiger partial charge >= 0.3 is 109 Å². The normalized spacial score (nSPS) is 14.0. The van der Waals surface area contributed by atoms with Crippen molar-refractivity contribution < 1.29 is 142 Å². The minimum absolute atomic E-state index is 0. The third-order valence-corrected chi connectivity index (χ3v) is 2.74. The van der Waals surface area contributed by atoms with Crippen LogP contribution in [0.5, 0.6) is 0 Å². The van der Waals surface area contributed by atoms with Gasteiger partial charge in [0.25, 0.3) is 12.6 Å². The molecular weight excluding hydrogens is 498 g/mol. The Morgan fingerprint density at radius 3 is 0.880 bits per heavy atom. The molecule has 0 radical (unpaired) electrons. The third-order valence-electron chi connectivity index (χ3n) is 1.11. The molecule has 0 saturated carbocycles. The SMILES string of the molecule is O=[P+]([O-])OC(CO)O[P+](=O)[O-].O=[P+]([O-])OC(CO)O[P+](=O)[O-].[Fe+2].[Na+].[Na+]. The first-order valence-electron chi connectivity index (χ1n) is 4.58. The summed E-state index contributed by atoms with van der Waals surface area (Å²) in [6.07, 6.45) is -3.34. The second-order valence-electron chi connectivity index (χ2n) is 2.54. The van der Waals surface area contributed by atoms with Gasteiger partial charge in [0.1, 0.15) is 13.2 Å². The Kier molecular flexibility index (Phi) is 37.5. The van der Waals surface area contributed by atoms with Crippen LogP contribution in [-0.4, -0.2) is 36.0 Å². The van der Waals surface area contributed by atoms with Crippen LogP contribution in [0.1, 0.15) is 0 Å². The van der Waals surface area contributed by atoms with Crippen molar-refractivity contribution in [3.05, 3.63) is 0 Å². The minimum Gasteiger partial charge on any atom is -0.566 e. The summed E-state index contributed by atoms with van der Waals surface area (Å²) in [5, 5.41) is 16.5. The Morgan fingerprint density at radius 1 is 0.640 bits per heavy atom. The van der Waals surface area contributed by atoms with Gasteiger partial charge in [0.05, 0.1) is 0 Å². The van der Waals surface area contributed by atoms with Gasteiger partial charge in [-0.1, -0.05) is 0 Å². The van der Waals surface area contributed by atoms with E-state index in [1.54, 1.807) is 0 Å². The molecule has 0 fully saturated rings. The van der Waals surface area contributed by atoms with Gasteiger partial charge in [0.2, 0.25) is 0 Å². The molecular formula is C4H8FeNa2O14P4+4. The van der Waals surface area contributed by atoms with E-state index in [0.29, 0.717) is 0 Å². The zero-order valence-corrected chi connectivity index (χ0v) is 21.2. The molecule has 4 atom stereocenters. The monoisotopic (exact) mass is 506 g/mol. The van der Waals surface area contributed by atoms with E-state index < -0.39 is 58.8 Å². The van der Waals surface area contributed by atoms with Crippen LogP contribution >= 0.6 is 33.0 Å². The summed E-state index contributed by atoms with van der Waals surface area (Å²) < 4.78 is 54.3. The zero-order chi connectivity index (χ0) is 17.7. The maximum atomic E-state index is 9.78. The number of hydrogen-bond acceptors (Lipinski definition) is 14. The maximum Gasteiger partial charge on any atom is 2.00 e. The quantitative estimate of drug-likeness (QED) is 0.159. The molecule has 0 aromatic rings. The van der Waals surface area contributed by atoms with Crippen LogP contribution in [0.4, 0.5) is 0 Å². The molecule has 25 heavy (non-hydrogen) atoms. The van der Waals surface area contributed by atoms with E-state index >= 15 is 0 Å². The molecule has 0 heterocycles. The predicted molar refractivity (Wildman–Crippen MR) is 56.5 cm³/mol. The number of hydrogen-bond donors (Lipinski definition) is 2. The topological polar surface area (TPSA) is 238 Å². The molecule has 0 aliphatic rings. The van der Waals surface area contributed by atoms with Gasteiger partial charge in [-0.05, 0) is 18.3 Å². The average molecular weight is 506 g/mol. The molecule has 0 aliphatic heterocycles. The van der Waals surface area contributed by atoms with Crippen LogP contribution in [0.2, 0.25) is 0 Å². The summed E-state index contributed by atoms with van der Waals surface area (Å²) in [5.74, 6) is 0. The molecule has 0 bridgehead atoms. The average Bonchev–Trinajstić information content (AvgIpc) is 2.35. The largest absolute Gasteiger partial charge is 2.00 e. The molecule has 21 heteroatoms. The number of aliphatic hydroxyl groups excluding tert-OH is 2. The van der Waals surface area contributed by atoms with Crippen LogP contribution in [0.3, 0.4) is 0 Å². The molecule has 0 aromatic heterocycles. The molecule has 0 amide bonds. The van der Waals surface area contributed by atoms with Crippen molar-refractivity contribution in [2.24, 2.45) is 0 Å². The van der Waals surface area contributed by atoms with Gasteiger partial charge in [-0.15, -0.1) is 18.1 Å². The van der Waals surface area contributed by atoms with Gasteiger partial charge in [0.15, 0.2) is 0 Å². The fourth-order valence-electron chi connectivity index (χ4n) is 0.556.